The van der Waals surface area contributed by atoms with E-state index in [2.05, 4.69) is 20.9 Å². The Hall–Kier alpha value is -4.75. The van der Waals surface area contributed by atoms with Crippen molar-refractivity contribution in [3.8, 4) is 0 Å². The number of amides is 4. The second-order valence-corrected chi connectivity index (χ2v) is 10.9. The molecule has 4 amide bonds. The fourth-order valence-corrected chi connectivity index (χ4v) is 5.34. The van der Waals surface area contributed by atoms with Crippen LogP contribution >= 0.6 is 0 Å². The van der Waals surface area contributed by atoms with Crippen LogP contribution in [0.15, 0.2) is 60.8 Å². The fraction of sp³-hybridized carbons (Fsp3) is 0.387. The number of hydrogen-bond acceptors (Lipinski definition) is 7. The van der Waals surface area contributed by atoms with Crippen LogP contribution in [0.3, 0.4) is 0 Å². The minimum absolute atomic E-state index is 0.0768. The lowest BCUT2D eigenvalue weighted by Gasteiger charge is -2.29. The molecule has 0 bridgehead atoms. The minimum atomic E-state index is -1.24. The first kappa shape index (κ1) is 32.2. The highest BCUT2D eigenvalue weighted by molar-refractivity contribution is 5.96. The van der Waals surface area contributed by atoms with E-state index < -0.39 is 66.4 Å². The summed E-state index contributed by atoms with van der Waals surface area (Å²) in [5.74, 6) is -3.67. The molecule has 2 heterocycles. The highest BCUT2D eigenvalue weighted by Crippen LogP contribution is 2.21. The number of aliphatic hydroxyl groups excluding tert-OH is 1. The van der Waals surface area contributed by atoms with Crippen LogP contribution in [-0.4, -0.2) is 93.1 Å². The number of H-pyrrole nitrogens is 1. The van der Waals surface area contributed by atoms with Gasteiger partial charge in [0.2, 0.25) is 23.6 Å². The van der Waals surface area contributed by atoms with Crippen LogP contribution in [0.4, 0.5) is 0 Å². The quantitative estimate of drug-likeness (QED) is 0.139. The predicted molar refractivity (Wildman–Crippen MR) is 161 cm³/mol. The van der Waals surface area contributed by atoms with Gasteiger partial charge in [0.25, 0.3) is 0 Å². The number of hydrogen-bond donors (Lipinski definition) is 7. The first-order chi connectivity index (χ1) is 21.1. The molecule has 13 heteroatoms. The number of likely N-dealkylation sites (tertiary alicyclic amines) is 1. The number of rotatable bonds is 13. The number of aromatic amines is 1. The van der Waals surface area contributed by atoms with E-state index >= 15 is 0 Å². The number of aromatic nitrogens is 1. The van der Waals surface area contributed by atoms with Crippen LogP contribution in [0.5, 0.6) is 0 Å². The number of aliphatic carboxylic acids is 1. The molecule has 1 fully saturated rings. The summed E-state index contributed by atoms with van der Waals surface area (Å²) in [6.45, 7) is 1.12. The summed E-state index contributed by atoms with van der Waals surface area (Å²) >= 11 is 0. The van der Waals surface area contributed by atoms with Crippen LogP contribution in [0.2, 0.25) is 0 Å². The van der Waals surface area contributed by atoms with Gasteiger partial charge in [-0.15, -0.1) is 0 Å². The lowest BCUT2D eigenvalue weighted by atomic mass is 10.0. The van der Waals surface area contributed by atoms with Gasteiger partial charge in [0.05, 0.1) is 6.61 Å². The Morgan fingerprint density at radius 2 is 1.66 bits per heavy atom. The van der Waals surface area contributed by atoms with Gasteiger partial charge in [0.1, 0.15) is 30.2 Å². The first-order valence-corrected chi connectivity index (χ1v) is 14.5. The molecule has 1 aliphatic rings. The number of benzene rings is 2. The number of carboxylic acid groups (broad SMARTS) is 1. The first-order valence-electron chi connectivity index (χ1n) is 14.5. The average molecular weight is 607 g/mol. The molecule has 44 heavy (non-hydrogen) atoms. The number of carboxylic acids is 1. The normalized spacial score (nSPS) is 17.3. The standard InChI is InChI=1S/C31H38N6O7/c1-18(30(42)37-13-7-12-26(37)29(41)36-25(31(43)44)14-19-8-3-2-4-9-19)34-28(40)24(35-27(39)22(32)17-38)15-20-16-33-23-11-6-5-10-21(20)23/h2-6,8-11,16,18,22,24-26,33,38H,7,12-15,17,32H2,1H3,(H,34,40)(H,35,39)(H,36,41)(H,43,44)/t18-,22-,24-,25-,26-/m0/s1. The van der Waals surface area contributed by atoms with Crippen LogP contribution in [0, 0.1) is 0 Å². The molecular formula is C31H38N6O7. The number of nitrogens with zero attached hydrogens (tertiary/aromatic N) is 1. The number of carbonyl (C=O) groups is 5. The third-order valence-corrected chi connectivity index (χ3v) is 7.73. The van der Waals surface area contributed by atoms with Crippen molar-refractivity contribution >= 4 is 40.5 Å². The third kappa shape index (κ3) is 7.79. The summed E-state index contributed by atoms with van der Waals surface area (Å²) in [6, 6.07) is 10.8. The van der Waals surface area contributed by atoms with Gasteiger partial charge < -0.3 is 41.8 Å². The van der Waals surface area contributed by atoms with Crippen molar-refractivity contribution in [2.75, 3.05) is 13.2 Å². The molecule has 13 nitrogen and oxygen atoms in total. The number of fused-ring (bicyclic) bond motifs is 1. The number of aliphatic hydroxyl groups is 1. The molecule has 0 spiro atoms. The highest BCUT2D eigenvalue weighted by atomic mass is 16.4. The van der Waals surface area contributed by atoms with Gasteiger partial charge in [-0.3, -0.25) is 19.2 Å². The molecular weight excluding hydrogens is 568 g/mol. The van der Waals surface area contributed by atoms with E-state index in [0.717, 1.165) is 22.0 Å². The Morgan fingerprint density at radius 3 is 2.36 bits per heavy atom. The number of carbonyl (C=O) groups excluding carboxylic acids is 4. The average Bonchev–Trinajstić information content (AvgIpc) is 3.67. The van der Waals surface area contributed by atoms with E-state index in [9.17, 15) is 34.2 Å². The summed E-state index contributed by atoms with van der Waals surface area (Å²) < 4.78 is 0. The lowest BCUT2D eigenvalue weighted by molar-refractivity contribution is -0.144. The molecule has 5 atom stereocenters. The zero-order chi connectivity index (χ0) is 31.8. The zero-order valence-electron chi connectivity index (χ0n) is 24.4. The molecule has 3 aromatic rings. The Balaban J connectivity index is 1.43. The molecule has 0 radical (unpaired) electrons. The van der Waals surface area contributed by atoms with Crippen LogP contribution in [-0.2, 0) is 36.8 Å². The maximum absolute atomic E-state index is 13.5. The molecule has 2 aromatic carbocycles. The zero-order valence-corrected chi connectivity index (χ0v) is 24.4. The maximum atomic E-state index is 13.5. The molecule has 4 rings (SSSR count). The SMILES string of the molecule is C[C@H](NC(=O)[C@H](Cc1c[nH]c2ccccc12)NC(=O)[C@@H](N)CO)C(=O)N1CCC[C@H]1C(=O)N[C@@H](Cc1ccccc1)C(=O)O. The Bertz CT molecular complexity index is 1490. The molecule has 1 saturated heterocycles. The van der Waals surface area contributed by atoms with Crippen molar-refractivity contribution in [1.29, 1.82) is 0 Å². The van der Waals surface area contributed by atoms with Crippen molar-refractivity contribution in [3.63, 3.8) is 0 Å². The summed E-state index contributed by atoms with van der Waals surface area (Å²) in [4.78, 5) is 69.0. The monoisotopic (exact) mass is 606 g/mol. The molecule has 0 unspecified atom stereocenters. The maximum Gasteiger partial charge on any atom is 0.326 e. The topological polar surface area (TPSA) is 207 Å². The second kappa shape index (κ2) is 14.6. The number of para-hydroxylation sites is 1. The van der Waals surface area contributed by atoms with E-state index in [-0.39, 0.29) is 19.4 Å². The summed E-state index contributed by atoms with van der Waals surface area (Å²) in [5, 5.41) is 27.7. The summed E-state index contributed by atoms with van der Waals surface area (Å²) in [5.41, 5.74) is 8.00. The van der Waals surface area contributed by atoms with E-state index in [4.69, 9.17) is 5.73 Å². The molecule has 0 saturated carbocycles. The van der Waals surface area contributed by atoms with E-state index in [1.54, 1.807) is 30.5 Å². The van der Waals surface area contributed by atoms with Crippen molar-refractivity contribution < 1.29 is 34.2 Å². The molecule has 1 aliphatic heterocycles. The van der Waals surface area contributed by atoms with Gasteiger partial charge in [-0.05, 0) is 37.0 Å². The Labute approximate surface area is 254 Å². The van der Waals surface area contributed by atoms with Gasteiger partial charge in [0, 0.05) is 36.5 Å². The molecule has 234 valence electrons. The van der Waals surface area contributed by atoms with E-state index in [0.29, 0.717) is 12.8 Å². The van der Waals surface area contributed by atoms with Crippen molar-refractivity contribution in [2.45, 2.75) is 62.8 Å². The van der Waals surface area contributed by atoms with Crippen LogP contribution in [0.25, 0.3) is 10.9 Å². The van der Waals surface area contributed by atoms with Crippen molar-refractivity contribution in [3.05, 3.63) is 71.9 Å². The predicted octanol–water partition coefficient (Wildman–Crippen LogP) is -0.177. The molecule has 0 aliphatic carbocycles. The van der Waals surface area contributed by atoms with Gasteiger partial charge in [-0.1, -0.05) is 48.5 Å². The van der Waals surface area contributed by atoms with Crippen LogP contribution < -0.4 is 21.7 Å². The lowest BCUT2D eigenvalue weighted by Crippen LogP contribution is -2.58. The summed E-state index contributed by atoms with van der Waals surface area (Å²) in [6.07, 6.45) is 2.76. The van der Waals surface area contributed by atoms with Crippen molar-refractivity contribution in [2.24, 2.45) is 5.73 Å². The fourth-order valence-electron chi connectivity index (χ4n) is 5.34. The van der Waals surface area contributed by atoms with Crippen LogP contribution in [0.1, 0.15) is 30.9 Å². The Kier molecular flexibility index (Phi) is 10.7. The summed E-state index contributed by atoms with van der Waals surface area (Å²) in [7, 11) is 0. The third-order valence-electron chi connectivity index (χ3n) is 7.73. The van der Waals surface area contributed by atoms with Gasteiger partial charge in [-0.25, -0.2) is 4.79 Å². The van der Waals surface area contributed by atoms with E-state index in [1.165, 1.54) is 11.8 Å². The van der Waals surface area contributed by atoms with E-state index in [1.807, 2.05) is 30.3 Å². The number of nitrogens with one attached hydrogen (secondary N) is 4. The largest absolute Gasteiger partial charge is 0.480 e. The molecule has 8 N–H and O–H groups in total. The number of nitrogens with two attached hydrogens (primary N) is 1. The van der Waals surface area contributed by atoms with Gasteiger partial charge in [-0.2, -0.15) is 0 Å². The van der Waals surface area contributed by atoms with Gasteiger partial charge >= 0.3 is 5.97 Å². The second-order valence-electron chi connectivity index (χ2n) is 10.9. The minimum Gasteiger partial charge on any atom is -0.480 e. The van der Waals surface area contributed by atoms with Gasteiger partial charge in [0.15, 0.2) is 0 Å². The molecule has 1 aromatic heterocycles. The highest BCUT2D eigenvalue weighted by Gasteiger charge is 2.38. The van der Waals surface area contributed by atoms with Crippen molar-refractivity contribution in [1.82, 2.24) is 25.8 Å². The Morgan fingerprint density at radius 1 is 0.955 bits per heavy atom. The smallest absolute Gasteiger partial charge is 0.326 e.